The summed E-state index contributed by atoms with van der Waals surface area (Å²) in [5, 5.41) is 11.1. The second-order valence-corrected chi connectivity index (χ2v) is 5.61. The number of amidine groups is 1. The van der Waals surface area contributed by atoms with E-state index in [-0.39, 0.29) is 11.2 Å². The highest BCUT2D eigenvalue weighted by atomic mass is 32.2. The molecule has 1 aliphatic heterocycles. The van der Waals surface area contributed by atoms with E-state index in [1.54, 1.807) is 6.21 Å². The van der Waals surface area contributed by atoms with Gasteiger partial charge in [-0.3, -0.25) is 4.79 Å². The molecule has 5 nitrogen and oxygen atoms in total. The number of carbonyl (C=O) groups is 1. The predicted octanol–water partition coefficient (Wildman–Crippen LogP) is 2.42. The van der Waals surface area contributed by atoms with Crippen LogP contribution >= 0.6 is 11.8 Å². The highest BCUT2D eigenvalue weighted by molar-refractivity contribution is 8.15. The normalized spacial score (nSPS) is 20.6. The van der Waals surface area contributed by atoms with Gasteiger partial charge in [-0.25, -0.2) is 0 Å². The summed E-state index contributed by atoms with van der Waals surface area (Å²) >= 11 is 1.37. The van der Waals surface area contributed by atoms with Crippen molar-refractivity contribution in [3.63, 3.8) is 0 Å². The van der Waals surface area contributed by atoms with E-state index >= 15 is 0 Å². The molecular weight excluding hydrogens is 274 g/mol. The van der Waals surface area contributed by atoms with Crippen LogP contribution in [0, 0.1) is 0 Å². The van der Waals surface area contributed by atoms with Crippen LogP contribution in [0.25, 0.3) is 0 Å². The minimum Gasteiger partial charge on any atom is -0.493 e. The van der Waals surface area contributed by atoms with Crippen molar-refractivity contribution in [3.05, 3.63) is 29.8 Å². The smallest absolute Gasteiger partial charge is 0.239 e. The van der Waals surface area contributed by atoms with Crippen LogP contribution in [0.3, 0.4) is 0 Å². The first-order valence-electron chi connectivity index (χ1n) is 6.51. The van der Waals surface area contributed by atoms with E-state index in [2.05, 4.69) is 22.4 Å². The molecule has 106 valence electrons. The highest BCUT2D eigenvalue weighted by Gasteiger charge is 2.25. The number of hydrogen-bond donors (Lipinski definition) is 1. The number of benzene rings is 1. The lowest BCUT2D eigenvalue weighted by molar-refractivity contribution is -0.118. The molecule has 0 saturated carbocycles. The molecule has 20 heavy (non-hydrogen) atoms. The largest absolute Gasteiger partial charge is 0.493 e. The number of hydrogen-bond acceptors (Lipinski definition) is 5. The van der Waals surface area contributed by atoms with Crippen molar-refractivity contribution < 1.29 is 9.53 Å². The van der Waals surface area contributed by atoms with E-state index in [1.165, 1.54) is 11.8 Å². The van der Waals surface area contributed by atoms with Crippen molar-refractivity contribution in [3.8, 4) is 5.75 Å². The lowest BCUT2D eigenvalue weighted by atomic mass is 10.2. The number of amides is 1. The molecule has 1 aromatic rings. The first-order valence-corrected chi connectivity index (χ1v) is 7.39. The Labute approximate surface area is 122 Å². The third kappa shape index (κ3) is 3.84. The van der Waals surface area contributed by atoms with Crippen molar-refractivity contribution >= 4 is 29.1 Å². The van der Waals surface area contributed by atoms with Crippen LogP contribution in [0.5, 0.6) is 5.75 Å². The number of carbonyl (C=O) groups excluding carboxylic acids is 1. The molecule has 0 aromatic heterocycles. The summed E-state index contributed by atoms with van der Waals surface area (Å²) in [6.45, 7) is 4.56. The summed E-state index contributed by atoms with van der Waals surface area (Å²) in [4.78, 5) is 11.3. The zero-order valence-electron chi connectivity index (χ0n) is 11.5. The Morgan fingerprint density at radius 2 is 2.25 bits per heavy atom. The molecule has 1 aliphatic rings. The Morgan fingerprint density at radius 1 is 1.45 bits per heavy atom. The second kappa shape index (κ2) is 7.09. The van der Waals surface area contributed by atoms with Gasteiger partial charge in [0, 0.05) is 5.56 Å². The Balaban J connectivity index is 2.04. The summed E-state index contributed by atoms with van der Waals surface area (Å²) in [5.74, 6) is 0.755. The topological polar surface area (TPSA) is 63.1 Å². The molecule has 6 heteroatoms. The molecule has 1 fully saturated rings. The van der Waals surface area contributed by atoms with Gasteiger partial charge in [0.05, 0.1) is 18.1 Å². The SMILES string of the molecule is CCCOc1ccccc1/C=N\N=C1\NC(=O)[C@H](C)S1. The van der Waals surface area contributed by atoms with Crippen LogP contribution < -0.4 is 10.1 Å². The standard InChI is InChI=1S/C14H17N3O2S/c1-3-8-19-12-7-5-4-6-11(12)9-15-17-14-16-13(18)10(2)20-14/h4-7,9-10H,3,8H2,1-2H3,(H,16,17,18)/b15-9-/t10-/m0/s1. The van der Waals surface area contributed by atoms with Crippen molar-refractivity contribution in [2.75, 3.05) is 6.61 Å². The maximum Gasteiger partial charge on any atom is 0.239 e. The van der Waals surface area contributed by atoms with Gasteiger partial charge >= 0.3 is 0 Å². The summed E-state index contributed by atoms with van der Waals surface area (Å²) in [5.41, 5.74) is 0.868. The summed E-state index contributed by atoms with van der Waals surface area (Å²) < 4.78 is 5.63. The zero-order chi connectivity index (χ0) is 14.4. The van der Waals surface area contributed by atoms with E-state index in [4.69, 9.17) is 4.74 Å². The molecule has 1 N–H and O–H groups in total. The van der Waals surface area contributed by atoms with Crippen molar-refractivity contribution in [1.29, 1.82) is 0 Å². The maximum atomic E-state index is 11.3. The number of para-hydroxylation sites is 1. The Kier molecular flexibility index (Phi) is 5.17. The molecule has 1 heterocycles. The van der Waals surface area contributed by atoms with Crippen LogP contribution in [-0.2, 0) is 4.79 Å². The molecule has 1 atom stereocenters. The average Bonchev–Trinajstić information content (AvgIpc) is 2.76. The lowest BCUT2D eigenvalue weighted by Gasteiger charge is -2.06. The van der Waals surface area contributed by atoms with Crippen molar-refractivity contribution in [1.82, 2.24) is 5.32 Å². The minimum atomic E-state index is -0.107. The molecule has 1 amide bonds. The van der Waals surface area contributed by atoms with Gasteiger partial charge < -0.3 is 10.1 Å². The summed E-state index contributed by atoms with van der Waals surface area (Å²) in [6, 6.07) is 7.65. The Hall–Kier alpha value is -1.82. The monoisotopic (exact) mass is 291 g/mol. The van der Waals surface area contributed by atoms with E-state index in [9.17, 15) is 4.79 Å². The third-order valence-electron chi connectivity index (χ3n) is 2.61. The minimum absolute atomic E-state index is 0.0318. The molecular formula is C14H17N3O2S. The predicted molar refractivity (Wildman–Crippen MR) is 82.5 cm³/mol. The summed E-state index contributed by atoms with van der Waals surface area (Å²) in [6.07, 6.45) is 2.59. The first-order chi connectivity index (χ1) is 9.70. The van der Waals surface area contributed by atoms with Crippen molar-refractivity contribution in [2.45, 2.75) is 25.5 Å². The van der Waals surface area contributed by atoms with Gasteiger partial charge in [0.25, 0.3) is 0 Å². The van der Waals surface area contributed by atoms with Gasteiger partial charge in [-0.15, -0.1) is 5.10 Å². The van der Waals surface area contributed by atoms with Gasteiger partial charge in [0.2, 0.25) is 5.91 Å². The number of ether oxygens (including phenoxy) is 1. The van der Waals surface area contributed by atoms with E-state index in [1.807, 2.05) is 31.2 Å². The fourth-order valence-electron chi connectivity index (χ4n) is 1.58. The van der Waals surface area contributed by atoms with Crippen LogP contribution in [0.15, 0.2) is 34.5 Å². The average molecular weight is 291 g/mol. The number of thioether (sulfide) groups is 1. The van der Waals surface area contributed by atoms with E-state index < -0.39 is 0 Å². The highest BCUT2D eigenvalue weighted by Crippen LogP contribution is 2.19. The van der Waals surface area contributed by atoms with Crippen LogP contribution in [-0.4, -0.2) is 29.1 Å². The van der Waals surface area contributed by atoms with Gasteiger partial charge in [0.1, 0.15) is 5.75 Å². The number of nitrogens with zero attached hydrogens (tertiary/aromatic N) is 2. The fraction of sp³-hybridized carbons (Fsp3) is 0.357. The molecule has 0 radical (unpaired) electrons. The molecule has 0 bridgehead atoms. The molecule has 1 aromatic carbocycles. The molecule has 0 unspecified atom stereocenters. The third-order valence-corrected chi connectivity index (χ3v) is 3.59. The molecule has 0 spiro atoms. The van der Waals surface area contributed by atoms with Gasteiger partial charge in [-0.1, -0.05) is 30.8 Å². The fourth-order valence-corrected chi connectivity index (χ4v) is 2.33. The molecule has 1 saturated heterocycles. The van der Waals surface area contributed by atoms with Gasteiger partial charge in [0.15, 0.2) is 5.17 Å². The lowest BCUT2D eigenvalue weighted by Crippen LogP contribution is -2.23. The molecule has 0 aliphatic carbocycles. The Morgan fingerprint density at radius 3 is 2.95 bits per heavy atom. The number of nitrogens with one attached hydrogen (secondary N) is 1. The number of rotatable bonds is 5. The molecule has 2 rings (SSSR count). The van der Waals surface area contributed by atoms with Gasteiger partial charge in [-0.05, 0) is 25.5 Å². The Bertz CT molecular complexity index is 543. The van der Waals surface area contributed by atoms with Crippen LogP contribution in [0.2, 0.25) is 0 Å². The summed E-state index contributed by atoms with van der Waals surface area (Å²) in [7, 11) is 0. The second-order valence-electron chi connectivity index (χ2n) is 4.29. The maximum absolute atomic E-state index is 11.3. The zero-order valence-corrected chi connectivity index (χ0v) is 12.3. The van der Waals surface area contributed by atoms with Gasteiger partial charge in [-0.2, -0.15) is 5.10 Å². The van der Waals surface area contributed by atoms with E-state index in [0.29, 0.717) is 11.8 Å². The first kappa shape index (κ1) is 14.6. The van der Waals surface area contributed by atoms with Crippen molar-refractivity contribution in [2.24, 2.45) is 10.2 Å². The van der Waals surface area contributed by atoms with E-state index in [0.717, 1.165) is 17.7 Å². The quantitative estimate of drug-likeness (QED) is 0.669. The van der Waals surface area contributed by atoms with Crippen LogP contribution in [0.1, 0.15) is 25.8 Å². The van der Waals surface area contributed by atoms with Crippen LogP contribution in [0.4, 0.5) is 0 Å².